The molecule has 4 aliphatic rings. The first kappa shape index (κ1) is 54.1. The molecule has 4 heterocycles. The fourth-order valence-corrected chi connectivity index (χ4v) is 11.8. The molecule has 0 aromatic heterocycles. The first-order valence-corrected chi connectivity index (χ1v) is 23.1. The van der Waals surface area contributed by atoms with Crippen molar-refractivity contribution in [3.05, 3.63) is 0 Å². The molecule has 0 aromatic rings. The largest absolute Gasteiger partial charge is 0.393 e. The Kier molecular flexibility index (Phi) is 16.3. The molecule has 4 fully saturated rings. The van der Waals surface area contributed by atoms with Crippen molar-refractivity contribution < 1.29 is 59.0 Å². The van der Waals surface area contributed by atoms with E-state index < -0.39 is 92.6 Å². The van der Waals surface area contributed by atoms with Gasteiger partial charge < -0.3 is 39.8 Å². The van der Waals surface area contributed by atoms with Crippen LogP contribution in [-0.2, 0) is 38.5 Å². The van der Waals surface area contributed by atoms with Gasteiger partial charge in [0.2, 0.25) is 0 Å². The van der Waals surface area contributed by atoms with Crippen LogP contribution in [-0.4, -0.2) is 182 Å². The van der Waals surface area contributed by atoms with Crippen molar-refractivity contribution in [3.63, 3.8) is 0 Å². The van der Waals surface area contributed by atoms with E-state index in [4.69, 9.17) is 19.4 Å². The second-order valence-electron chi connectivity index (χ2n) is 24.2. The number of hydrogen-bond donors (Lipinski definition) is 4. The highest BCUT2D eigenvalue weighted by molar-refractivity contribution is 5.76. The Morgan fingerprint density at radius 1 is 0.359 bits per heavy atom. The Balaban J connectivity index is 1.62. The van der Waals surface area contributed by atoms with Gasteiger partial charge in [-0.05, 0) is 162 Å². The molecule has 0 aromatic carbocycles. The van der Waals surface area contributed by atoms with Crippen LogP contribution in [0.2, 0.25) is 0 Å². The second-order valence-corrected chi connectivity index (χ2v) is 24.2. The molecule has 18 nitrogen and oxygen atoms in total. The monoisotopic (exact) mass is 913 g/mol. The van der Waals surface area contributed by atoms with Crippen LogP contribution in [0.25, 0.3) is 0 Å². The maximum atomic E-state index is 14.0. The molecule has 18 heteroatoms. The van der Waals surface area contributed by atoms with Crippen LogP contribution in [0.3, 0.4) is 0 Å². The number of hydrogen-bond acceptors (Lipinski definition) is 18. The van der Waals surface area contributed by atoms with Crippen molar-refractivity contribution in [1.82, 2.24) is 30.1 Å². The van der Waals surface area contributed by atoms with Crippen LogP contribution in [0, 0.1) is 0 Å². The van der Waals surface area contributed by atoms with Gasteiger partial charge in [0.25, 0.3) is 0 Å². The van der Waals surface area contributed by atoms with Gasteiger partial charge >= 0.3 is 23.9 Å². The average molecular weight is 913 g/mol. The van der Waals surface area contributed by atoms with E-state index in [1.807, 2.05) is 111 Å². The standard InChI is InChI=1S/C46H84N6O12/c1-39(2)19-31(53)20-40(3,4)49(39)61-35(57)27-47(28-36(58)62-50-41(5,6)21-32(54)22-42(50,7)8)17-18-48(29-37(59)63-51-43(9,10)23-33(55)24-44(51,11)12)30-38(60)64-52-45(13,14)25-34(56)26-46(52,15)16/h31-34,53-56H,17-30H2,1-16H3. The summed E-state index contributed by atoms with van der Waals surface area (Å²) < 4.78 is 0. The molecule has 4 aliphatic heterocycles. The molecule has 64 heavy (non-hydrogen) atoms. The molecular formula is C46H84N6O12. The van der Waals surface area contributed by atoms with Gasteiger partial charge in [-0.25, -0.2) is 19.2 Å². The number of aliphatic hydroxyl groups excluding tert-OH is 4. The Hall–Kier alpha value is -2.52. The first-order chi connectivity index (χ1) is 28.9. The highest BCUT2D eigenvalue weighted by atomic mass is 16.7. The molecule has 0 bridgehead atoms. The van der Waals surface area contributed by atoms with E-state index in [0.717, 1.165) is 0 Å². The van der Waals surface area contributed by atoms with Gasteiger partial charge in [0.15, 0.2) is 0 Å². The van der Waals surface area contributed by atoms with Gasteiger partial charge in [0, 0.05) is 13.1 Å². The molecule has 0 aliphatic carbocycles. The van der Waals surface area contributed by atoms with Crippen molar-refractivity contribution >= 4 is 23.9 Å². The number of hydroxylamine groups is 8. The predicted octanol–water partition coefficient (Wildman–Crippen LogP) is 3.48. The van der Waals surface area contributed by atoms with E-state index in [2.05, 4.69) is 0 Å². The minimum atomic E-state index is -0.709. The molecule has 0 spiro atoms. The van der Waals surface area contributed by atoms with E-state index in [-0.39, 0.29) is 39.3 Å². The number of aliphatic hydroxyl groups is 4. The molecule has 4 N–H and O–H groups in total. The van der Waals surface area contributed by atoms with Crippen molar-refractivity contribution in [2.24, 2.45) is 0 Å². The summed E-state index contributed by atoms with van der Waals surface area (Å²) in [4.78, 5) is 83.1. The second kappa shape index (κ2) is 19.2. The van der Waals surface area contributed by atoms with Crippen LogP contribution in [0.4, 0.5) is 0 Å². The van der Waals surface area contributed by atoms with Crippen LogP contribution >= 0.6 is 0 Å². The highest BCUT2D eigenvalue weighted by Crippen LogP contribution is 2.42. The third-order valence-corrected chi connectivity index (χ3v) is 13.2. The summed E-state index contributed by atoms with van der Waals surface area (Å²) in [5.74, 6) is -2.64. The number of carbonyl (C=O) groups excluding carboxylic acids is 4. The van der Waals surface area contributed by atoms with E-state index in [9.17, 15) is 39.6 Å². The number of carbonyl (C=O) groups is 4. The number of piperidine rings is 4. The molecule has 4 rings (SSSR count). The summed E-state index contributed by atoms with van der Waals surface area (Å²) in [6, 6.07) is 0. The summed E-state index contributed by atoms with van der Waals surface area (Å²) in [6.45, 7) is 28.7. The van der Waals surface area contributed by atoms with Crippen LogP contribution in [0.15, 0.2) is 0 Å². The summed E-state index contributed by atoms with van der Waals surface area (Å²) in [7, 11) is 0. The smallest absolute Gasteiger partial charge is 0.339 e. The maximum absolute atomic E-state index is 14.0. The summed E-state index contributed by atoms with van der Waals surface area (Å²) in [6.07, 6.45) is 0.623. The zero-order valence-electron chi connectivity index (χ0n) is 41.9. The van der Waals surface area contributed by atoms with Gasteiger partial charge in [-0.3, -0.25) is 9.80 Å². The van der Waals surface area contributed by atoms with Gasteiger partial charge in [0.05, 0.1) is 94.9 Å². The third kappa shape index (κ3) is 13.6. The Labute approximate surface area is 382 Å². The zero-order valence-corrected chi connectivity index (χ0v) is 41.9. The highest BCUT2D eigenvalue weighted by Gasteiger charge is 2.51. The molecule has 0 radical (unpaired) electrons. The summed E-state index contributed by atoms with van der Waals surface area (Å²) >= 11 is 0. The van der Waals surface area contributed by atoms with Gasteiger partial charge in [-0.2, -0.15) is 0 Å². The topological polar surface area (TPSA) is 206 Å². The molecule has 0 amide bonds. The SMILES string of the molecule is CC1(C)CC(O)CC(C)(C)N1OC(=O)CN(CCN(CC(=O)ON1C(C)(C)CC(O)CC1(C)C)CC(=O)ON1C(C)(C)CC(O)CC1(C)C)CC(=O)ON1C(C)(C)CC(O)CC1(C)C. The fourth-order valence-electron chi connectivity index (χ4n) is 11.8. The Bertz CT molecular complexity index is 1370. The molecule has 0 atom stereocenters. The minimum absolute atomic E-state index is 0.0124. The zero-order chi connectivity index (χ0) is 48.8. The van der Waals surface area contributed by atoms with Crippen molar-refractivity contribution in [2.75, 3.05) is 39.3 Å². The number of nitrogens with zero attached hydrogens (tertiary/aromatic N) is 6. The lowest BCUT2D eigenvalue weighted by atomic mass is 9.80. The third-order valence-electron chi connectivity index (χ3n) is 13.2. The number of rotatable bonds is 15. The van der Waals surface area contributed by atoms with Crippen LogP contribution in [0.5, 0.6) is 0 Å². The quantitative estimate of drug-likeness (QED) is 0.186. The molecule has 0 saturated carbocycles. The average Bonchev–Trinajstić information content (AvgIpc) is 3.04. The fraction of sp³-hybridized carbons (Fsp3) is 0.913. The van der Waals surface area contributed by atoms with Crippen molar-refractivity contribution in [1.29, 1.82) is 0 Å². The van der Waals surface area contributed by atoms with Crippen LogP contribution in [0.1, 0.15) is 162 Å². The summed E-state index contributed by atoms with van der Waals surface area (Å²) in [5, 5.41) is 48.9. The van der Waals surface area contributed by atoms with Gasteiger partial charge in [0.1, 0.15) is 0 Å². The molecule has 4 saturated heterocycles. The van der Waals surface area contributed by atoms with Crippen LogP contribution < -0.4 is 0 Å². The van der Waals surface area contributed by atoms with E-state index in [0.29, 0.717) is 51.4 Å². The predicted molar refractivity (Wildman–Crippen MR) is 238 cm³/mol. The van der Waals surface area contributed by atoms with Crippen molar-refractivity contribution in [3.8, 4) is 0 Å². The molecular weight excluding hydrogens is 829 g/mol. The Morgan fingerprint density at radius 2 is 0.500 bits per heavy atom. The minimum Gasteiger partial charge on any atom is -0.393 e. The van der Waals surface area contributed by atoms with Gasteiger partial charge in [-0.1, -0.05) is 0 Å². The van der Waals surface area contributed by atoms with E-state index in [1.54, 1.807) is 30.1 Å². The summed E-state index contributed by atoms with van der Waals surface area (Å²) in [5.41, 5.74) is -5.67. The normalized spacial score (nSPS) is 26.4. The maximum Gasteiger partial charge on any atom is 0.339 e. The van der Waals surface area contributed by atoms with Crippen molar-refractivity contribution in [2.45, 2.75) is 231 Å². The first-order valence-electron chi connectivity index (χ1n) is 23.1. The lowest BCUT2D eigenvalue weighted by Gasteiger charge is -2.52. The van der Waals surface area contributed by atoms with E-state index in [1.165, 1.54) is 0 Å². The Morgan fingerprint density at radius 3 is 0.641 bits per heavy atom. The lowest BCUT2D eigenvalue weighted by Crippen LogP contribution is -2.63. The van der Waals surface area contributed by atoms with E-state index >= 15 is 0 Å². The lowest BCUT2D eigenvalue weighted by molar-refractivity contribution is -0.279. The molecule has 0 unspecified atom stereocenters. The van der Waals surface area contributed by atoms with Gasteiger partial charge in [-0.15, -0.1) is 20.3 Å². The molecule has 370 valence electrons.